The van der Waals surface area contributed by atoms with Gasteiger partial charge in [-0.1, -0.05) is 11.1 Å². The van der Waals surface area contributed by atoms with E-state index >= 15 is 0 Å². The molecule has 0 spiro atoms. The maximum atomic E-state index is 11.4. The number of benzene rings is 1. The molecule has 1 aliphatic rings. The molecule has 3 atom stereocenters. The number of hydrogen-bond donors (Lipinski definition) is 1. The highest BCUT2D eigenvalue weighted by Crippen LogP contribution is 2.39. The summed E-state index contributed by atoms with van der Waals surface area (Å²) in [6.07, 6.45) is 3.58. The summed E-state index contributed by atoms with van der Waals surface area (Å²) in [6.45, 7) is 2.61. The third-order valence-electron chi connectivity index (χ3n) is 5.09. The van der Waals surface area contributed by atoms with E-state index in [0.29, 0.717) is 30.4 Å². The molecular formula is C23H23N3O5. The monoisotopic (exact) mass is 421 g/mol. The lowest BCUT2D eigenvalue weighted by Crippen LogP contribution is -2.08. The van der Waals surface area contributed by atoms with Gasteiger partial charge in [-0.2, -0.15) is 0 Å². The number of nitrogens with zero attached hydrogens (tertiary/aromatic N) is 3. The molecule has 8 nitrogen and oxygen atoms in total. The normalized spacial score (nSPS) is 18.0. The van der Waals surface area contributed by atoms with E-state index in [1.807, 2.05) is 28.8 Å². The molecule has 0 radical (unpaired) electrons. The van der Waals surface area contributed by atoms with E-state index in [9.17, 15) is 9.90 Å². The van der Waals surface area contributed by atoms with Crippen LogP contribution in [0, 0.1) is 23.7 Å². The summed E-state index contributed by atoms with van der Waals surface area (Å²) in [6, 6.07) is 9.20. The van der Waals surface area contributed by atoms with Gasteiger partial charge in [-0.3, -0.25) is 4.79 Å². The fourth-order valence-electron chi connectivity index (χ4n) is 3.29. The molecule has 1 unspecified atom stereocenters. The van der Waals surface area contributed by atoms with Gasteiger partial charge < -0.3 is 23.7 Å². The van der Waals surface area contributed by atoms with Crippen LogP contribution in [0.5, 0.6) is 5.75 Å². The zero-order valence-electron chi connectivity index (χ0n) is 17.3. The lowest BCUT2D eigenvalue weighted by Gasteiger charge is -2.07. The van der Waals surface area contributed by atoms with E-state index in [-0.39, 0.29) is 17.8 Å². The first-order chi connectivity index (χ1) is 15.0. The first-order valence-electron chi connectivity index (χ1n) is 10.0. The highest BCUT2D eigenvalue weighted by Gasteiger charge is 2.44. The zero-order chi connectivity index (χ0) is 21.8. The molecule has 160 valence electrons. The van der Waals surface area contributed by atoms with Gasteiger partial charge in [-0.25, -0.2) is 4.98 Å². The average molecular weight is 421 g/mol. The number of aliphatic hydroxyl groups is 1. The minimum Gasteiger partial charge on any atom is -0.493 e. The van der Waals surface area contributed by atoms with Crippen molar-refractivity contribution in [1.29, 1.82) is 0 Å². The average Bonchev–Trinajstić information content (AvgIpc) is 3.16. The van der Waals surface area contributed by atoms with E-state index < -0.39 is 6.10 Å². The molecule has 1 N–H and O–H groups in total. The maximum Gasteiger partial charge on any atom is 0.309 e. The third kappa shape index (κ3) is 5.13. The van der Waals surface area contributed by atoms with E-state index in [0.717, 1.165) is 17.7 Å². The molecule has 0 saturated heterocycles. The molecule has 0 aliphatic heterocycles. The number of ether oxygens (including phenoxy) is 2. The van der Waals surface area contributed by atoms with Crippen LogP contribution >= 0.6 is 0 Å². The SMILES string of the molecule is COC(=O)[C@@H]1C[C@H]1COc1ccc(C#Cc2cc(Cn3ccnc3C(C)O)no2)cc1. The van der Waals surface area contributed by atoms with Gasteiger partial charge in [0, 0.05) is 29.9 Å². The number of imidazole rings is 1. The fourth-order valence-corrected chi connectivity index (χ4v) is 3.29. The molecule has 4 rings (SSSR count). The highest BCUT2D eigenvalue weighted by molar-refractivity contribution is 5.75. The first kappa shape index (κ1) is 20.7. The smallest absolute Gasteiger partial charge is 0.309 e. The summed E-state index contributed by atoms with van der Waals surface area (Å²) < 4.78 is 17.6. The molecule has 2 heterocycles. The van der Waals surface area contributed by atoms with Crippen LogP contribution in [-0.4, -0.2) is 39.5 Å². The van der Waals surface area contributed by atoms with Gasteiger partial charge in [0.05, 0.1) is 26.2 Å². The van der Waals surface area contributed by atoms with Crippen LogP contribution in [0.25, 0.3) is 0 Å². The van der Waals surface area contributed by atoms with Crippen molar-refractivity contribution in [2.45, 2.75) is 26.0 Å². The summed E-state index contributed by atoms with van der Waals surface area (Å²) in [5, 5.41) is 13.8. The lowest BCUT2D eigenvalue weighted by atomic mass is 10.2. The van der Waals surface area contributed by atoms with Gasteiger partial charge >= 0.3 is 5.97 Å². The summed E-state index contributed by atoms with van der Waals surface area (Å²) in [4.78, 5) is 15.6. The van der Waals surface area contributed by atoms with Crippen molar-refractivity contribution >= 4 is 5.97 Å². The Bertz CT molecular complexity index is 1100. The van der Waals surface area contributed by atoms with Crippen LogP contribution in [0.3, 0.4) is 0 Å². The minimum absolute atomic E-state index is 0.0330. The van der Waals surface area contributed by atoms with Crippen molar-refractivity contribution < 1.29 is 23.9 Å². The van der Waals surface area contributed by atoms with Gasteiger partial charge in [0.1, 0.15) is 23.4 Å². The largest absolute Gasteiger partial charge is 0.493 e. The van der Waals surface area contributed by atoms with Crippen molar-refractivity contribution in [2.24, 2.45) is 11.8 Å². The third-order valence-corrected chi connectivity index (χ3v) is 5.09. The van der Waals surface area contributed by atoms with Crippen LogP contribution in [0.4, 0.5) is 0 Å². The molecule has 1 aromatic carbocycles. The number of aliphatic hydroxyl groups excluding tert-OH is 1. The van der Waals surface area contributed by atoms with Crippen LogP contribution in [0.2, 0.25) is 0 Å². The van der Waals surface area contributed by atoms with Gasteiger partial charge in [0.25, 0.3) is 0 Å². The lowest BCUT2D eigenvalue weighted by molar-refractivity contribution is -0.142. The Labute approximate surface area is 179 Å². The van der Waals surface area contributed by atoms with Crippen LogP contribution in [0.1, 0.15) is 42.3 Å². The summed E-state index contributed by atoms with van der Waals surface area (Å²) in [7, 11) is 1.41. The highest BCUT2D eigenvalue weighted by atomic mass is 16.5. The standard InChI is InChI=1S/C23H23N3O5/c1-15(27)22-24-9-10-26(22)13-18-12-20(31-25-18)8-5-16-3-6-19(7-4-16)30-14-17-11-21(17)23(28)29-2/h3-4,6-7,9-10,12,15,17,21,27H,11,13-14H2,1-2H3/t15?,17-,21+/m0/s1. The van der Waals surface area contributed by atoms with E-state index in [4.69, 9.17) is 14.0 Å². The maximum absolute atomic E-state index is 11.4. The van der Waals surface area contributed by atoms with E-state index in [1.165, 1.54) is 7.11 Å². The molecule has 8 heteroatoms. The second-order valence-electron chi connectivity index (χ2n) is 7.48. The van der Waals surface area contributed by atoms with Crippen molar-refractivity contribution in [3.63, 3.8) is 0 Å². The van der Waals surface area contributed by atoms with Crippen LogP contribution < -0.4 is 4.74 Å². The second-order valence-corrected chi connectivity index (χ2v) is 7.48. The number of carbonyl (C=O) groups excluding carboxylic acids is 1. The van der Waals surface area contributed by atoms with Crippen molar-refractivity contribution in [3.05, 3.63) is 65.6 Å². The summed E-state index contributed by atoms with van der Waals surface area (Å²) in [5.74, 6) is 7.78. The summed E-state index contributed by atoms with van der Waals surface area (Å²) in [5.41, 5.74) is 1.51. The fraction of sp³-hybridized carbons (Fsp3) is 0.348. The molecule has 1 saturated carbocycles. The molecular weight excluding hydrogens is 398 g/mol. The molecule has 2 aromatic heterocycles. The van der Waals surface area contributed by atoms with Gasteiger partial charge in [0.15, 0.2) is 0 Å². The molecule has 3 aromatic rings. The Morgan fingerprint density at radius 1 is 1.35 bits per heavy atom. The van der Waals surface area contributed by atoms with Crippen LogP contribution in [0.15, 0.2) is 47.2 Å². The van der Waals surface area contributed by atoms with Crippen molar-refractivity contribution in [3.8, 4) is 17.6 Å². The molecule has 31 heavy (non-hydrogen) atoms. The Balaban J connectivity index is 1.31. The van der Waals surface area contributed by atoms with E-state index in [2.05, 4.69) is 22.0 Å². The summed E-state index contributed by atoms with van der Waals surface area (Å²) >= 11 is 0. The predicted molar refractivity (Wildman–Crippen MR) is 110 cm³/mol. The molecule has 0 amide bonds. The van der Waals surface area contributed by atoms with Crippen LogP contribution in [-0.2, 0) is 16.1 Å². The van der Waals surface area contributed by atoms with Crippen molar-refractivity contribution in [2.75, 3.05) is 13.7 Å². The van der Waals surface area contributed by atoms with Crippen molar-refractivity contribution in [1.82, 2.24) is 14.7 Å². The topological polar surface area (TPSA) is 99.6 Å². The van der Waals surface area contributed by atoms with Gasteiger partial charge in [-0.05, 0) is 43.5 Å². The minimum atomic E-state index is -0.660. The quantitative estimate of drug-likeness (QED) is 0.462. The second kappa shape index (κ2) is 9.06. The van der Waals surface area contributed by atoms with Gasteiger partial charge in [0.2, 0.25) is 5.76 Å². The number of rotatable bonds is 7. The molecule has 1 fully saturated rings. The molecule has 1 aliphatic carbocycles. The van der Waals surface area contributed by atoms with Gasteiger partial charge in [-0.15, -0.1) is 0 Å². The number of hydrogen-bond acceptors (Lipinski definition) is 7. The first-order valence-corrected chi connectivity index (χ1v) is 10.0. The number of methoxy groups -OCH3 is 1. The molecule has 0 bridgehead atoms. The number of esters is 1. The Morgan fingerprint density at radius 2 is 2.16 bits per heavy atom. The number of aromatic nitrogens is 3. The Hall–Kier alpha value is -3.57. The Kier molecular flexibility index (Phi) is 6.05. The van der Waals surface area contributed by atoms with E-state index in [1.54, 1.807) is 25.4 Å². The zero-order valence-corrected chi connectivity index (χ0v) is 17.3. The Morgan fingerprint density at radius 3 is 2.90 bits per heavy atom. The predicted octanol–water partition coefficient (Wildman–Crippen LogP) is 2.56. The number of carbonyl (C=O) groups is 1.